The summed E-state index contributed by atoms with van der Waals surface area (Å²) in [5.41, 5.74) is 3.07. The molecule has 2 aromatic carbocycles. The van der Waals surface area contributed by atoms with Crippen LogP contribution in [-0.4, -0.2) is 47.4 Å². The normalized spacial score (nSPS) is 17.1. The van der Waals surface area contributed by atoms with E-state index in [4.69, 9.17) is 16.3 Å². The Kier molecular flexibility index (Phi) is 7.12. The average molecular weight is 509 g/mol. The molecule has 1 aromatic heterocycles. The van der Waals surface area contributed by atoms with E-state index in [1.807, 2.05) is 60.4 Å². The largest absolute Gasteiger partial charge is 0.491 e. The second-order valence-corrected chi connectivity index (χ2v) is 10.7. The number of aryl methyl sites for hydroxylation is 1. The maximum absolute atomic E-state index is 13.6. The number of benzene rings is 2. The minimum atomic E-state index is -0.182. The monoisotopic (exact) mass is 508 g/mol. The minimum absolute atomic E-state index is 0.0175. The van der Waals surface area contributed by atoms with Gasteiger partial charge in [-0.2, -0.15) is 0 Å². The zero-order valence-electron chi connectivity index (χ0n) is 19.8. The molecule has 1 aliphatic heterocycles. The molecule has 182 valence electrons. The Morgan fingerprint density at radius 1 is 1.14 bits per heavy atom. The summed E-state index contributed by atoms with van der Waals surface area (Å²) in [5, 5.41) is 2.78. The molecule has 1 fully saturated rings. The predicted molar refractivity (Wildman–Crippen MR) is 139 cm³/mol. The van der Waals surface area contributed by atoms with E-state index in [1.165, 1.54) is 4.88 Å². The number of thiophene rings is 1. The Morgan fingerprint density at radius 3 is 2.69 bits per heavy atom. The molecule has 0 unspecified atom stereocenters. The highest BCUT2D eigenvalue weighted by Crippen LogP contribution is 2.35. The summed E-state index contributed by atoms with van der Waals surface area (Å²) in [6, 6.07) is 17.4. The lowest BCUT2D eigenvalue weighted by Crippen LogP contribution is -2.48. The van der Waals surface area contributed by atoms with E-state index in [0.717, 1.165) is 41.7 Å². The highest BCUT2D eigenvalue weighted by Gasteiger charge is 2.37. The van der Waals surface area contributed by atoms with Gasteiger partial charge in [0.2, 0.25) is 11.8 Å². The number of ether oxygens (including phenoxy) is 1. The van der Waals surface area contributed by atoms with Gasteiger partial charge in [-0.25, -0.2) is 0 Å². The Morgan fingerprint density at radius 2 is 1.94 bits per heavy atom. The van der Waals surface area contributed by atoms with Crippen molar-refractivity contribution in [2.24, 2.45) is 0 Å². The van der Waals surface area contributed by atoms with Crippen LogP contribution >= 0.6 is 22.9 Å². The third-order valence-corrected chi connectivity index (χ3v) is 8.18. The van der Waals surface area contributed by atoms with Crippen molar-refractivity contribution in [2.75, 3.05) is 19.7 Å². The summed E-state index contributed by atoms with van der Waals surface area (Å²) in [6.45, 7) is 3.05. The van der Waals surface area contributed by atoms with E-state index < -0.39 is 0 Å². The number of carbonyl (C=O) groups is 2. The maximum atomic E-state index is 13.6. The van der Waals surface area contributed by atoms with Gasteiger partial charge in [-0.1, -0.05) is 41.9 Å². The first-order valence-corrected chi connectivity index (χ1v) is 13.3. The van der Waals surface area contributed by atoms with Crippen molar-refractivity contribution >= 4 is 34.8 Å². The molecular weight excluding hydrogens is 480 g/mol. The van der Waals surface area contributed by atoms with Crippen molar-refractivity contribution in [1.29, 1.82) is 0 Å². The van der Waals surface area contributed by atoms with Crippen LogP contribution in [0.5, 0.6) is 5.75 Å². The zero-order chi connectivity index (χ0) is 24.4. The Labute approximate surface area is 215 Å². The van der Waals surface area contributed by atoms with Crippen LogP contribution in [0.3, 0.4) is 0 Å². The van der Waals surface area contributed by atoms with Gasteiger partial charge in [0.15, 0.2) is 0 Å². The summed E-state index contributed by atoms with van der Waals surface area (Å²) in [4.78, 5) is 31.8. The highest BCUT2D eigenvalue weighted by molar-refractivity contribution is 7.10. The average Bonchev–Trinajstić information content (AvgIpc) is 3.59. The number of fused-ring (bicyclic) bond motifs is 1. The van der Waals surface area contributed by atoms with Gasteiger partial charge in [-0.05, 0) is 72.5 Å². The fourth-order valence-electron chi connectivity index (χ4n) is 4.67. The maximum Gasteiger partial charge on any atom is 0.242 e. The van der Waals surface area contributed by atoms with E-state index in [1.54, 1.807) is 16.2 Å². The van der Waals surface area contributed by atoms with Crippen molar-refractivity contribution < 1.29 is 14.3 Å². The van der Waals surface area contributed by atoms with Crippen molar-refractivity contribution in [3.63, 3.8) is 0 Å². The molecule has 5 rings (SSSR count). The fraction of sp³-hybridized carbons (Fsp3) is 0.357. The molecule has 5 nitrogen and oxygen atoms in total. The van der Waals surface area contributed by atoms with Gasteiger partial charge in [-0.3, -0.25) is 9.59 Å². The third kappa shape index (κ3) is 5.54. The van der Waals surface area contributed by atoms with E-state index in [2.05, 4.69) is 11.4 Å². The van der Waals surface area contributed by atoms with Crippen LogP contribution in [0.4, 0.5) is 0 Å². The van der Waals surface area contributed by atoms with Crippen LogP contribution in [0.15, 0.2) is 60.0 Å². The Hall–Kier alpha value is -2.83. The first-order chi connectivity index (χ1) is 17.0. The standard InChI is InChI=1S/C28H29ClN2O3S/c1-19-15-22(9-10-24(19)29)34-18-25-23-12-14-35-26(23)11-13-30(25)28(33)17-31(21-7-8-21)27(32)16-20-5-3-2-4-6-20/h2-6,9-10,12,14-15,21,25H,7-8,11,13,16-18H2,1H3/t25-/m1/s1. The van der Waals surface area contributed by atoms with Crippen molar-refractivity contribution in [1.82, 2.24) is 9.80 Å². The first kappa shape index (κ1) is 23.9. The van der Waals surface area contributed by atoms with Gasteiger partial charge in [0.1, 0.15) is 18.9 Å². The number of hydrogen-bond donors (Lipinski definition) is 0. The molecule has 1 saturated carbocycles. The van der Waals surface area contributed by atoms with Crippen molar-refractivity contribution in [2.45, 2.75) is 44.7 Å². The molecule has 35 heavy (non-hydrogen) atoms. The lowest BCUT2D eigenvalue weighted by atomic mass is 10.00. The van der Waals surface area contributed by atoms with E-state index in [9.17, 15) is 9.59 Å². The molecule has 1 aliphatic carbocycles. The molecule has 0 saturated heterocycles. The number of rotatable bonds is 8. The summed E-state index contributed by atoms with van der Waals surface area (Å²) in [7, 11) is 0. The van der Waals surface area contributed by atoms with Gasteiger partial charge in [0, 0.05) is 22.5 Å². The Balaban J connectivity index is 1.31. The second kappa shape index (κ2) is 10.4. The fourth-order valence-corrected chi connectivity index (χ4v) is 5.72. The smallest absolute Gasteiger partial charge is 0.242 e. The summed E-state index contributed by atoms with van der Waals surface area (Å²) in [6.07, 6.45) is 3.08. The van der Waals surface area contributed by atoms with E-state index >= 15 is 0 Å². The molecular formula is C28H29ClN2O3S. The quantitative estimate of drug-likeness (QED) is 0.406. The number of nitrogens with zero attached hydrogens (tertiary/aromatic N) is 2. The third-order valence-electron chi connectivity index (χ3n) is 6.76. The van der Waals surface area contributed by atoms with Gasteiger partial charge in [0.25, 0.3) is 0 Å². The molecule has 1 atom stereocenters. The molecule has 2 heterocycles. The second-order valence-electron chi connectivity index (χ2n) is 9.29. The number of carbonyl (C=O) groups excluding carboxylic acids is 2. The van der Waals surface area contributed by atoms with Crippen molar-refractivity contribution in [3.05, 3.63) is 86.6 Å². The van der Waals surface area contributed by atoms with Gasteiger partial charge in [0.05, 0.1) is 12.5 Å². The van der Waals surface area contributed by atoms with Gasteiger partial charge >= 0.3 is 0 Å². The van der Waals surface area contributed by atoms with E-state index in [-0.39, 0.29) is 30.4 Å². The van der Waals surface area contributed by atoms with Gasteiger partial charge in [-0.15, -0.1) is 11.3 Å². The molecule has 2 amide bonds. The molecule has 3 aromatic rings. The SMILES string of the molecule is Cc1cc(OC[C@@H]2c3ccsc3CCN2C(=O)CN(C(=O)Cc2ccccc2)C2CC2)ccc1Cl. The minimum Gasteiger partial charge on any atom is -0.491 e. The zero-order valence-corrected chi connectivity index (χ0v) is 21.4. The molecule has 0 radical (unpaired) electrons. The molecule has 0 spiro atoms. The first-order valence-electron chi connectivity index (χ1n) is 12.1. The molecule has 2 aliphatic rings. The van der Waals surface area contributed by atoms with Crippen LogP contribution in [0.2, 0.25) is 5.02 Å². The Bertz CT molecular complexity index is 1210. The van der Waals surface area contributed by atoms with Crippen LogP contribution in [-0.2, 0) is 22.4 Å². The van der Waals surface area contributed by atoms with Crippen molar-refractivity contribution in [3.8, 4) is 5.75 Å². The van der Waals surface area contributed by atoms with Crippen LogP contribution < -0.4 is 4.74 Å². The van der Waals surface area contributed by atoms with Crippen LogP contribution in [0, 0.1) is 6.92 Å². The topological polar surface area (TPSA) is 49.9 Å². The van der Waals surface area contributed by atoms with E-state index in [0.29, 0.717) is 24.6 Å². The lowest BCUT2D eigenvalue weighted by molar-refractivity contribution is -0.143. The molecule has 0 bridgehead atoms. The van der Waals surface area contributed by atoms with Crippen LogP contribution in [0.1, 0.15) is 40.5 Å². The number of halogens is 1. The predicted octanol–water partition coefficient (Wildman–Crippen LogP) is 5.45. The lowest BCUT2D eigenvalue weighted by Gasteiger charge is -2.37. The summed E-state index contributed by atoms with van der Waals surface area (Å²) in [5.74, 6) is 0.736. The molecule has 0 N–H and O–H groups in total. The van der Waals surface area contributed by atoms with Crippen LogP contribution in [0.25, 0.3) is 0 Å². The molecule has 7 heteroatoms. The highest BCUT2D eigenvalue weighted by atomic mass is 35.5. The summed E-state index contributed by atoms with van der Waals surface area (Å²) < 4.78 is 6.15. The number of hydrogen-bond acceptors (Lipinski definition) is 4. The number of amides is 2. The summed E-state index contributed by atoms with van der Waals surface area (Å²) >= 11 is 7.89. The van der Waals surface area contributed by atoms with Gasteiger partial charge < -0.3 is 14.5 Å².